The minimum Gasteiger partial charge on any atom is -1.00 e. The van der Waals surface area contributed by atoms with Crippen molar-refractivity contribution < 1.29 is 158 Å². The molecule has 14 nitrogen and oxygen atoms in total. The van der Waals surface area contributed by atoms with E-state index in [2.05, 4.69) is 10.2 Å². The predicted molar refractivity (Wildman–Crippen MR) is 280 cm³/mol. The fourth-order valence-electron chi connectivity index (χ4n) is 6.54. The number of anilines is 1. The number of alkyl carbamates (subject to hydrolysis) is 1. The van der Waals surface area contributed by atoms with Gasteiger partial charge in [-0.15, -0.1) is 22.7 Å². The summed E-state index contributed by atoms with van der Waals surface area (Å²) >= 11 is 31.5. The van der Waals surface area contributed by atoms with Crippen molar-refractivity contribution in [3.05, 3.63) is 159 Å². The van der Waals surface area contributed by atoms with E-state index in [0.29, 0.717) is 32.2 Å². The molecule has 0 radical (unpaired) electrons. The molecule has 2 unspecified atom stereocenters. The zero-order chi connectivity index (χ0) is 52.0. The van der Waals surface area contributed by atoms with Crippen LogP contribution in [0.5, 0.6) is 0 Å². The molecule has 372 valence electrons. The maximum absolute atomic E-state index is 13.3. The number of carbonyl (C=O) groups is 6. The number of primary amides is 1. The summed E-state index contributed by atoms with van der Waals surface area (Å²) in [6.07, 6.45) is -4.62. The molecule has 2 aromatic heterocycles. The van der Waals surface area contributed by atoms with Crippen LogP contribution < -0.4 is 124 Å². The molecule has 5 N–H and O–H groups in total. The van der Waals surface area contributed by atoms with E-state index < -0.39 is 45.6 Å². The van der Waals surface area contributed by atoms with Crippen LogP contribution in [0.1, 0.15) is 51.1 Å². The zero-order valence-electron chi connectivity index (χ0n) is 40.5. The van der Waals surface area contributed by atoms with Gasteiger partial charge in [0.1, 0.15) is 0 Å². The number of aliphatic hydroxyl groups is 1. The Labute approximate surface area is 538 Å². The average Bonchev–Trinajstić information content (AvgIpc) is 3.92. The van der Waals surface area contributed by atoms with E-state index in [1.165, 1.54) is 22.7 Å². The quantitative estimate of drug-likeness (QED) is 0.0409. The SMILES string of the molecule is CC(C)(C)O.NC(=O)OC(C(=O)Cc1ccc2ccccc2c1)c1csc2ccc(Cl)cc12.O=C(NC(=O)C(Cl)(Cl)Cl)OC(C(=O)Nc1ccc2ccccc2c1)c1csc2ccc(Cl)cc12.O=CO[O-].[H-].[K+].[K+]. The number of hydrogen-bond donors (Lipinski definition) is 4. The third-order valence-electron chi connectivity index (χ3n) is 9.41. The Morgan fingerprint density at radius 1 is 0.712 bits per heavy atom. The largest absolute Gasteiger partial charge is 1.00 e. The summed E-state index contributed by atoms with van der Waals surface area (Å²) in [5, 5.41) is 31.5. The number of rotatable bonds is 10. The second-order valence-electron chi connectivity index (χ2n) is 16.0. The number of halogens is 5. The van der Waals surface area contributed by atoms with Crippen molar-refractivity contribution in [2.75, 3.05) is 5.32 Å². The number of hydrogen-bond acceptors (Lipinski definition) is 13. The normalized spacial score (nSPS) is 11.5. The van der Waals surface area contributed by atoms with E-state index in [1.807, 2.05) is 89.6 Å². The van der Waals surface area contributed by atoms with Crippen LogP contribution in [-0.4, -0.2) is 50.8 Å². The molecule has 2 heterocycles. The number of carbonyl (C=O) groups excluding carboxylic acids is 6. The maximum atomic E-state index is 13.3. The molecular formula is C50H42Cl5K2N3O11S2. The first-order valence-electron chi connectivity index (χ1n) is 20.7. The monoisotopic (exact) mass is 1180 g/mol. The fourth-order valence-corrected chi connectivity index (χ4v) is 8.94. The standard InChI is InChI=1S/C23H14Cl4N2O4S.C22H16ClNO3S.C4H10O.CH2O3.2K.H/c24-14-6-8-18-16(10-14)17(11-34-18)19(33-22(32)29-21(31)23(25,26)27)20(30)28-15-7-5-12-3-1-2-4-13(12)9-15;23-16-7-8-20-17(11-16)18(12-28-20)21(27-22(24)26)19(25)10-13-5-6-14-3-1-2-4-15(14)9-13;1-4(2,3)5;2-1-4-3;;;/h1-11,19H,(H,28,30)(H,29,31,32);1-9,11-12,21H,10H2,(H2,24,26);5H,1-3H3;1,3H;;;/q;;;;2*+1;-1/p-1. The van der Waals surface area contributed by atoms with E-state index in [1.54, 1.807) is 68.6 Å². The van der Waals surface area contributed by atoms with Crippen molar-refractivity contribution in [3.63, 3.8) is 0 Å². The summed E-state index contributed by atoms with van der Waals surface area (Å²) in [6, 6.07) is 37.4. The molecule has 0 aliphatic heterocycles. The summed E-state index contributed by atoms with van der Waals surface area (Å²) in [5.41, 5.74) is 7.07. The van der Waals surface area contributed by atoms with Crippen molar-refractivity contribution in [1.82, 2.24) is 5.32 Å². The summed E-state index contributed by atoms with van der Waals surface area (Å²) in [4.78, 5) is 73.3. The molecule has 73 heavy (non-hydrogen) atoms. The van der Waals surface area contributed by atoms with Gasteiger partial charge in [-0.25, -0.2) is 9.59 Å². The second-order valence-corrected chi connectivity index (χ2v) is 20.9. The molecule has 23 heteroatoms. The summed E-state index contributed by atoms with van der Waals surface area (Å²) in [7, 11) is 0. The Bertz CT molecular complexity index is 3220. The first-order valence-corrected chi connectivity index (χ1v) is 24.3. The summed E-state index contributed by atoms with van der Waals surface area (Å²) in [5.74, 6) is -2.10. The summed E-state index contributed by atoms with van der Waals surface area (Å²) < 4.78 is 9.95. The van der Waals surface area contributed by atoms with Gasteiger partial charge in [0, 0.05) is 53.5 Å². The van der Waals surface area contributed by atoms with Gasteiger partial charge in [0.25, 0.3) is 22.1 Å². The third-order valence-corrected chi connectivity index (χ3v) is 12.4. The average molecular weight is 1180 g/mol. The number of amides is 4. The minimum atomic E-state index is -2.38. The van der Waals surface area contributed by atoms with Crippen molar-refractivity contribution in [1.29, 1.82) is 0 Å². The van der Waals surface area contributed by atoms with Crippen molar-refractivity contribution in [2.45, 2.75) is 48.8 Å². The van der Waals surface area contributed by atoms with E-state index in [4.69, 9.17) is 88.4 Å². The molecule has 0 fully saturated rings. The fraction of sp³-hybridized carbons (Fsp3) is 0.160. The number of Topliss-reactive ketones (excluding diaryl/α,β-unsaturated/α-hetero) is 1. The topological polar surface area (TPSA) is 223 Å². The molecule has 4 amide bonds. The number of nitrogens with two attached hydrogens (primary N) is 1. The van der Waals surface area contributed by atoms with Gasteiger partial charge < -0.3 is 37.2 Å². The molecule has 8 rings (SSSR count). The molecule has 0 saturated carbocycles. The molecule has 0 saturated heterocycles. The molecular weight excluding hydrogens is 1140 g/mol. The molecule has 8 aromatic rings. The Kier molecular flexibility index (Phi) is 26.7. The number of benzene rings is 6. The van der Waals surface area contributed by atoms with Gasteiger partial charge in [-0.2, -0.15) is 0 Å². The zero-order valence-corrected chi connectivity index (χ0v) is 51.1. The van der Waals surface area contributed by atoms with Crippen molar-refractivity contribution in [2.24, 2.45) is 5.73 Å². The first-order chi connectivity index (χ1) is 33.5. The number of ether oxygens (including phenoxy) is 2. The van der Waals surface area contributed by atoms with Gasteiger partial charge >= 0.3 is 115 Å². The number of alkyl halides is 3. The molecule has 0 aliphatic carbocycles. The van der Waals surface area contributed by atoms with Gasteiger partial charge in [-0.05, 0) is 107 Å². The molecule has 0 bridgehead atoms. The van der Waals surface area contributed by atoms with Crippen LogP contribution in [-0.2, 0) is 40.0 Å². The van der Waals surface area contributed by atoms with Gasteiger partial charge in [-0.1, -0.05) is 131 Å². The van der Waals surface area contributed by atoms with Crippen LogP contribution in [0.4, 0.5) is 15.3 Å². The third kappa shape index (κ3) is 20.3. The van der Waals surface area contributed by atoms with E-state index in [9.17, 15) is 24.0 Å². The number of thiophene rings is 2. The maximum Gasteiger partial charge on any atom is 1.00 e. The predicted octanol–water partition coefficient (Wildman–Crippen LogP) is 6.00. The molecule has 0 aliphatic rings. The van der Waals surface area contributed by atoms with Crippen LogP contribution in [0, 0.1) is 0 Å². The Hall–Kier alpha value is -2.78. The molecule has 0 spiro atoms. The van der Waals surface area contributed by atoms with Gasteiger partial charge in [-0.3, -0.25) is 24.5 Å². The van der Waals surface area contributed by atoms with Crippen LogP contribution in [0.2, 0.25) is 10.0 Å². The molecule has 6 aromatic carbocycles. The number of imide groups is 1. The number of fused-ring (bicyclic) bond motifs is 4. The van der Waals surface area contributed by atoms with Crippen LogP contribution in [0.15, 0.2) is 132 Å². The van der Waals surface area contributed by atoms with Gasteiger partial charge in [0.05, 0.1) is 5.60 Å². The Morgan fingerprint density at radius 2 is 1.18 bits per heavy atom. The van der Waals surface area contributed by atoms with E-state index in [-0.39, 0.29) is 123 Å². The van der Waals surface area contributed by atoms with Crippen LogP contribution in [0.3, 0.4) is 0 Å². The van der Waals surface area contributed by atoms with Crippen molar-refractivity contribution in [3.8, 4) is 0 Å². The van der Waals surface area contributed by atoms with E-state index >= 15 is 0 Å². The summed E-state index contributed by atoms with van der Waals surface area (Å²) in [6.45, 7) is 5.05. The number of ketones is 1. The minimum absolute atomic E-state index is 0. The first kappa shape index (κ1) is 64.5. The van der Waals surface area contributed by atoms with Gasteiger partial charge in [0.2, 0.25) is 6.10 Å². The molecule has 2 atom stereocenters. The second kappa shape index (κ2) is 30.2. The van der Waals surface area contributed by atoms with E-state index in [0.717, 1.165) is 41.9 Å². The Balaban J connectivity index is 0.000000425. The smallest absolute Gasteiger partial charge is 1.00 e. The van der Waals surface area contributed by atoms with Crippen molar-refractivity contribution >= 4 is 164 Å². The van der Waals surface area contributed by atoms with Gasteiger partial charge in [0.15, 0.2) is 11.9 Å². The number of nitrogens with one attached hydrogen (secondary N) is 2. The van der Waals surface area contributed by atoms with Crippen LogP contribution >= 0.6 is 80.7 Å². The Morgan fingerprint density at radius 3 is 1.66 bits per heavy atom. The van der Waals surface area contributed by atoms with Crippen LogP contribution in [0.25, 0.3) is 41.7 Å².